The van der Waals surface area contributed by atoms with E-state index in [0.717, 1.165) is 10.5 Å². The Balaban J connectivity index is 1.91. The summed E-state index contributed by atoms with van der Waals surface area (Å²) in [5.74, 6) is -0.654. The highest BCUT2D eigenvalue weighted by molar-refractivity contribution is 6.22. The number of rotatable bonds is 5. The number of carbonyl (C=O) groups is 3. The Hall–Kier alpha value is -3.41. The molecular weight excluding hydrogens is 368 g/mol. The van der Waals surface area contributed by atoms with Crippen LogP contribution in [0.3, 0.4) is 0 Å². The molecule has 0 aliphatic carbocycles. The van der Waals surface area contributed by atoms with Gasteiger partial charge in [-0.2, -0.15) is 0 Å². The largest absolute Gasteiger partial charge is 0.495 e. The number of fused-ring (bicyclic) bond motifs is 1. The molecule has 1 aliphatic heterocycles. The van der Waals surface area contributed by atoms with Crippen LogP contribution in [0.1, 0.15) is 57.4 Å². The lowest BCUT2D eigenvalue weighted by Gasteiger charge is -2.21. The van der Waals surface area contributed by atoms with Gasteiger partial charge in [0.1, 0.15) is 5.75 Å². The van der Waals surface area contributed by atoms with E-state index in [2.05, 4.69) is 32.7 Å². The molecule has 0 aromatic heterocycles. The van der Waals surface area contributed by atoms with Gasteiger partial charge in [0.2, 0.25) is 0 Å². The average molecular weight is 392 g/mol. The Kier molecular flexibility index (Phi) is 5.29. The molecule has 0 radical (unpaired) electrons. The summed E-state index contributed by atoms with van der Waals surface area (Å²) in [6, 6.07) is 10.2. The number of methoxy groups -OCH3 is 1. The van der Waals surface area contributed by atoms with E-state index >= 15 is 0 Å². The Morgan fingerprint density at radius 3 is 2.41 bits per heavy atom. The molecule has 0 bridgehead atoms. The third-order valence-corrected chi connectivity index (χ3v) is 4.86. The highest BCUT2D eigenvalue weighted by Gasteiger charge is 2.35. The van der Waals surface area contributed by atoms with Gasteiger partial charge in [-0.15, -0.1) is 6.58 Å². The van der Waals surface area contributed by atoms with Crippen molar-refractivity contribution in [1.29, 1.82) is 0 Å². The van der Waals surface area contributed by atoms with Crippen LogP contribution in [-0.4, -0.2) is 36.3 Å². The van der Waals surface area contributed by atoms with E-state index in [-0.39, 0.29) is 34.9 Å². The average Bonchev–Trinajstić information content (AvgIpc) is 2.92. The van der Waals surface area contributed by atoms with Gasteiger partial charge < -0.3 is 10.1 Å². The summed E-state index contributed by atoms with van der Waals surface area (Å²) in [4.78, 5) is 38.8. The lowest BCUT2D eigenvalue weighted by atomic mass is 9.87. The van der Waals surface area contributed by atoms with E-state index in [1.54, 1.807) is 0 Å². The fraction of sp³-hybridized carbons (Fsp3) is 0.261. The van der Waals surface area contributed by atoms with Crippen molar-refractivity contribution >= 4 is 23.4 Å². The molecule has 1 N–H and O–H groups in total. The number of imide groups is 1. The number of amides is 3. The first-order chi connectivity index (χ1) is 13.7. The number of hydrogen-bond acceptors (Lipinski definition) is 4. The van der Waals surface area contributed by atoms with E-state index in [1.807, 2.05) is 18.2 Å². The van der Waals surface area contributed by atoms with Gasteiger partial charge in [-0.25, -0.2) is 0 Å². The SMILES string of the molecule is C=CCN1C(=O)c2ccc(C(=O)Nc3cc(C(C)(C)C)ccc3OC)cc2C1=O. The lowest BCUT2D eigenvalue weighted by molar-refractivity contribution is 0.0672. The normalized spacial score (nSPS) is 13.3. The summed E-state index contributed by atoms with van der Waals surface area (Å²) in [5.41, 5.74) is 2.29. The molecule has 0 fully saturated rings. The number of carbonyl (C=O) groups excluding carboxylic acids is 3. The number of ether oxygens (including phenoxy) is 1. The van der Waals surface area contributed by atoms with Gasteiger partial charge in [0.05, 0.1) is 23.9 Å². The van der Waals surface area contributed by atoms with Crippen LogP contribution in [-0.2, 0) is 5.41 Å². The second-order valence-corrected chi connectivity index (χ2v) is 7.89. The molecule has 2 aromatic rings. The standard InChI is InChI=1S/C23H24N2O4/c1-6-11-25-21(27)16-9-7-14(12-17(16)22(25)28)20(26)24-18-13-15(23(2,3)4)8-10-19(18)29-5/h6-10,12-13H,1,11H2,2-5H3,(H,24,26). The molecule has 3 rings (SSSR count). The lowest BCUT2D eigenvalue weighted by Crippen LogP contribution is -2.29. The van der Waals surface area contributed by atoms with Crippen LogP contribution in [0.4, 0.5) is 5.69 Å². The van der Waals surface area contributed by atoms with Crippen molar-refractivity contribution in [3.8, 4) is 5.75 Å². The van der Waals surface area contributed by atoms with Crippen LogP contribution in [0.2, 0.25) is 0 Å². The quantitative estimate of drug-likeness (QED) is 0.616. The number of anilines is 1. The Bertz CT molecular complexity index is 1020. The van der Waals surface area contributed by atoms with Crippen molar-refractivity contribution in [2.24, 2.45) is 0 Å². The summed E-state index contributed by atoms with van der Waals surface area (Å²) < 4.78 is 5.37. The first kappa shape index (κ1) is 20.3. The van der Waals surface area contributed by atoms with Crippen LogP contribution >= 0.6 is 0 Å². The van der Waals surface area contributed by atoms with Crippen LogP contribution < -0.4 is 10.1 Å². The van der Waals surface area contributed by atoms with E-state index in [0.29, 0.717) is 17.0 Å². The summed E-state index contributed by atoms with van der Waals surface area (Å²) >= 11 is 0. The highest BCUT2D eigenvalue weighted by Crippen LogP contribution is 2.32. The minimum atomic E-state index is -0.424. The van der Waals surface area contributed by atoms with Crippen LogP contribution in [0.15, 0.2) is 49.1 Å². The molecule has 1 aliphatic rings. The van der Waals surface area contributed by atoms with Gasteiger partial charge in [0, 0.05) is 12.1 Å². The number of hydrogen-bond donors (Lipinski definition) is 1. The number of nitrogens with one attached hydrogen (secondary N) is 1. The van der Waals surface area contributed by atoms with Gasteiger partial charge in [0.25, 0.3) is 17.7 Å². The molecule has 0 saturated carbocycles. The third kappa shape index (κ3) is 3.78. The first-order valence-electron chi connectivity index (χ1n) is 9.28. The number of nitrogens with zero attached hydrogens (tertiary/aromatic N) is 1. The highest BCUT2D eigenvalue weighted by atomic mass is 16.5. The van der Waals surface area contributed by atoms with Crippen molar-refractivity contribution in [3.63, 3.8) is 0 Å². The van der Waals surface area contributed by atoms with Crippen molar-refractivity contribution in [1.82, 2.24) is 4.90 Å². The fourth-order valence-electron chi connectivity index (χ4n) is 3.19. The maximum absolute atomic E-state index is 12.8. The number of benzene rings is 2. The van der Waals surface area contributed by atoms with Crippen molar-refractivity contribution in [2.75, 3.05) is 19.0 Å². The zero-order valence-corrected chi connectivity index (χ0v) is 17.0. The molecule has 2 aromatic carbocycles. The second kappa shape index (κ2) is 7.54. The minimum absolute atomic E-state index is 0.0965. The Morgan fingerprint density at radius 1 is 1.10 bits per heavy atom. The van der Waals surface area contributed by atoms with E-state index in [9.17, 15) is 14.4 Å². The van der Waals surface area contributed by atoms with Gasteiger partial charge in [0.15, 0.2) is 0 Å². The molecule has 29 heavy (non-hydrogen) atoms. The molecule has 6 heteroatoms. The molecule has 1 heterocycles. The third-order valence-electron chi connectivity index (χ3n) is 4.86. The van der Waals surface area contributed by atoms with E-state index in [4.69, 9.17) is 4.74 Å². The molecule has 0 unspecified atom stereocenters. The van der Waals surface area contributed by atoms with Crippen LogP contribution in [0, 0.1) is 0 Å². The van der Waals surface area contributed by atoms with E-state index < -0.39 is 5.91 Å². The zero-order chi connectivity index (χ0) is 21.3. The molecule has 0 atom stereocenters. The van der Waals surface area contributed by atoms with Gasteiger partial charge >= 0.3 is 0 Å². The van der Waals surface area contributed by atoms with Crippen LogP contribution in [0.25, 0.3) is 0 Å². The first-order valence-corrected chi connectivity index (χ1v) is 9.28. The monoisotopic (exact) mass is 392 g/mol. The maximum Gasteiger partial charge on any atom is 0.261 e. The summed E-state index contributed by atoms with van der Waals surface area (Å²) in [6.07, 6.45) is 1.49. The molecule has 3 amide bonds. The van der Waals surface area contributed by atoms with Crippen molar-refractivity contribution in [3.05, 3.63) is 71.3 Å². The smallest absolute Gasteiger partial charge is 0.261 e. The summed E-state index contributed by atoms with van der Waals surface area (Å²) in [6.45, 7) is 9.94. The maximum atomic E-state index is 12.8. The topological polar surface area (TPSA) is 75.7 Å². The van der Waals surface area contributed by atoms with Gasteiger partial charge in [-0.05, 0) is 41.3 Å². The molecule has 0 spiro atoms. The van der Waals surface area contributed by atoms with Gasteiger partial charge in [-0.3, -0.25) is 19.3 Å². The van der Waals surface area contributed by atoms with Crippen molar-refractivity contribution < 1.29 is 19.1 Å². The van der Waals surface area contributed by atoms with Gasteiger partial charge in [-0.1, -0.05) is 32.9 Å². The Labute approximate surface area is 170 Å². The molecule has 150 valence electrons. The predicted octanol–water partition coefficient (Wildman–Crippen LogP) is 4.03. The predicted molar refractivity (Wildman–Crippen MR) is 112 cm³/mol. The van der Waals surface area contributed by atoms with Crippen LogP contribution in [0.5, 0.6) is 5.75 Å². The van der Waals surface area contributed by atoms with Crippen molar-refractivity contribution in [2.45, 2.75) is 26.2 Å². The fourth-order valence-corrected chi connectivity index (χ4v) is 3.19. The minimum Gasteiger partial charge on any atom is -0.495 e. The summed E-state index contributed by atoms with van der Waals surface area (Å²) in [7, 11) is 1.54. The Morgan fingerprint density at radius 2 is 1.79 bits per heavy atom. The van der Waals surface area contributed by atoms with E-state index in [1.165, 1.54) is 31.4 Å². The molecule has 6 nitrogen and oxygen atoms in total. The molecular formula is C23H24N2O4. The summed E-state index contributed by atoms with van der Waals surface area (Å²) in [5, 5.41) is 2.85. The molecule has 0 saturated heterocycles. The zero-order valence-electron chi connectivity index (χ0n) is 17.0. The second-order valence-electron chi connectivity index (χ2n) is 7.89.